The molecule has 1 aromatic heterocycles. The number of aryl methyl sites for hydroxylation is 1. The summed E-state index contributed by atoms with van der Waals surface area (Å²) in [5, 5.41) is 11.0. The molecule has 0 fully saturated rings. The molecule has 0 unspecified atom stereocenters. The number of pyridine rings is 1. The number of rotatable bonds is 3. The van der Waals surface area contributed by atoms with Crippen molar-refractivity contribution in [3.05, 3.63) is 55.6 Å². The summed E-state index contributed by atoms with van der Waals surface area (Å²) in [4.78, 5) is 14.2. The van der Waals surface area contributed by atoms with Crippen LogP contribution in [0.4, 0.5) is 5.69 Å². The SMILES string of the molecule is Cc1cc([N+](=O)[O-])ccc1Oc1ncc(Br)cc1Cl. The Morgan fingerprint density at radius 3 is 2.74 bits per heavy atom. The second-order valence-corrected chi connectivity index (χ2v) is 5.07. The Kier molecular flexibility index (Phi) is 4.01. The van der Waals surface area contributed by atoms with Gasteiger partial charge in [0.05, 0.1) is 4.92 Å². The highest BCUT2D eigenvalue weighted by atomic mass is 79.9. The number of hydrogen-bond acceptors (Lipinski definition) is 4. The van der Waals surface area contributed by atoms with Gasteiger partial charge in [-0.05, 0) is 40.5 Å². The second kappa shape index (κ2) is 5.54. The first-order chi connectivity index (χ1) is 8.97. The fourth-order valence-electron chi connectivity index (χ4n) is 1.44. The van der Waals surface area contributed by atoms with Gasteiger partial charge < -0.3 is 4.74 Å². The van der Waals surface area contributed by atoms with E-state index < -0.39 is 4.92 Å². The molecule has 1 aromatic carbocycles. The van der Waals surface area contributed by atoms with Crippen LogP contribution in [0.25, 0.3) is 0 Å². The first-order valence-electron chi connectivity index (χ1n) is 5.21. The van der Waals surface area contributed by atoms with E-state index in [0.29, 0.717) is 16.3 Å². The second-order valence-electron chi connectivity index (χ2n) is 3.75. The summed E-state index contributed by atoms with van der Waals surface area (Å²) in [7, 11) is 0. The quantitative estimate of drug-likeness (QED) is 0.607. The minimum Gasteiger partial charge on any atom is -0.437 e. The van der Waals surface area contributed by atoms with E-state index in [4.69, 9.17) is 16.3 Å². The summed E-state index contributed by atoms with van der Waals surface area (Å²) in [5.41, 5.74) is 0.648. The van der Waals surface area contributed by atoms with E-state index in [2.05, 4.69) is 20.9 Å². The van der Waals surface area contributed by atoms with Crippen LogP contribution >= 0.6 is 27.5 Å². The molecule has 0 N–H and O–H groups in total. The van der Waals surface area contributed by atoms with Gasteiger partial charge in [0.15, 0.2) is 0 Å². The standard InChI is InChI=1S/C12H8BrClN2O3/c1-7-4-9(16(17)18)2-3-11(7)19-12-10(14)5-8(13)6-15-12/h2-6H,1H3. The van der Waals surface area contributed by atoms with Crippen LogP contribution in [0.2, 0.25) is 5.02 Å². The minimum absolute atomic E-state index is 0.0136. The lowest BCUT2D eigenvalue weighted by Gasteiger charge is -2.08. The fourth-order valence-corrected chi connectivity index (χ4v) is 2.11. The molecule has 5 nitrogen and oxygen atoms in total. The van der Waals surface area contributed by atoms with Crippen LogP contribution in [0.15, 0.2) is 34.9 Å². The van der Waals surface area contributed by atoms with Crippen molar-refractivity contribution in [1.29, 1.82) is 0 Å². The molecule has 0 saturated heterocycles. The maximum Gasteiger partial charge on any atom is 0.269 e. The molecule has 0 aliphatic heterocycles. The Bertz CT molecular complexity index is 649. The van der Waals surface area contributed by atoms with Crippen LogP contribution in [0.5, 0.6) is 11.6 Å². The number of ether oxygens (including phenoxy) is 1. The third-order valence-corrected chi connectivity index (χ3v) is 3.05. The maximum absolute atomic E-state index is 10.6. The third kappa shape index (κ3) is 3.21. The van der Waals surface area contributed by atoms with E-state index in [1.54, 1.807) is 19.2 Å². The zero-order valence-electron chi connectivity index (χ0n) is 9.76. The number of non-ortho nitro benzene ring substituents is 1. The highest BCUT2D eigenvalue weighted by Gasteiger charge is 2.11. The smallest absolute Gasteiger partial charge is 0.269 e. The van der Waals surface area contributed by atoms with Crippen molar-refractivity contribution >= 4 is 33.2 Å². The summed E-state index contributed by atoms with van der Waals surface area (Å²) in [6, 6.07) is 5.98. The summed E-state index contributed by atoms with van der Waals surface area (Å²) in [6.45, 7) is 1.72. The molecule has 0 spiro atoms. The lowest BCUT2D eigenvalue weighted by molar-refractivity contribution is -0.384. The summed E-state index contributed by atoms with van der Waals surface area (Å²) in [5.74, 6) is 0.726. The van der Waals surface area contributed by atoms with Crippen molar-refractivity contribution in [2.24, 2.45) is 0 Å². The van der Waals surface area contributed by atoms with Gasteiger partial charge in [-0.15, -0.1) is 0 Å². The Hall–Kier alpha value is -1.66. The maximum atomic E-state index is 10.6. The highest BCUT2D eigenvalue weighted by Crippen LogP contribution is 2.32. The predicted octanol–water partition coefficient (Wildman–Crippen LogP) is 4.51. The van der Waals surface area contributed by atoms with Crippen LogP contribution in [0.3, 0.4) is 0 Å². The van der Waals surface area contributed by atoms with E-state index in [1.165, 1.54) is 18.2 Å². The molecule has 0 aliphatic carbocycles. The van der Waals surface area contributed by atoms with Gasteiger partial charge in [0.2, 0.25) is 5.88 Å². The molecular formula is C12H8BrClN2O3. The Balaban J connectivity index is 2.31. The monoisotopic (exact) mass is 342 g/mol. The molecule has 2 aromatic rings. The Morgan fingerprint density at radius 1 is 1.42 bits per heavy atom. The van der Waals surface area contributed by atoms with Crippen molar-refractivity contribution in [3.8, 4) is 11.6 Å². The van der Waals surface area contributed by atoms with Crippen LogP contribution < -0.4 is 4.74 Å². The number of halogens is 2. The van der Waals surface area contributed by atoms with Crippen LogP contribution in [-0.4, -0.2) is 9.91 Å². The zero-order valence-corrected chi connectivity index (χ0v) is 12.1. The topological polar surface area (TPSA) is 65.3 Å². The van der Waals surface area contributed by atoms with E-state index in [-0.39, 0.29) is 11.6 Å². The molecule has 2 rings (SSSR count). The third-order valence-electron chi connectivity index (χ3n) is 2.35. The molecule has 7 heteroatoms. The van der Waals surface area contributed by atoms with Gasteiger partial charge in [-0.2, -0.15) is 0 Å². The minimum atomic E-state index is -0.457. The number of nitro groups is 1. The first kappa shape index (κ1) is 13.8. The highest BCUT2D eigenvalue weighted by molar-refractivity contribution is 9.10. The molecule has 0 amide bonds. The summed E-state index contributed by atoms with van der Waals surface area (Å²) >= 11 is 9.23. The fraction of sp³-hybridized carbons (Fsp3) is 0.0833. The molecule has 0 aliphatic rings. The lowest BCUT2D eigenvalue weighted by atomic mass is 10.2. The average molecular weight is 344 g/mol. The van der Waals surface area contributed by atoms with Crippen molar-refractivity contribution in [2.45, 2.75) is 6.92 Å². The van der Waals surface area contributed by atoms with Crippen molar-refractivity contribution in [1.82, 2.24) is 4.98 Å². The van der Waals surface area contributed by atoms with Crippen molar-refractivity contribution in [2.75, 3.05) is 0 Å². The number of hydrogen-bond donors (Lipinski definition) is 0. The molecule has 1 heterocycles. The van der Waals surface area contributed by atoms with Crippen LogP contribution in [0, 0.1) is 17.0 Å². The van der Waals surface area contributed by atoms with Gasteiger partial charge in [0.1, 0.15) is 10.8 Å². The Labute approximate surface area is 122 Å². The van der Waals surface area contributed by atoms with E-state index in [0.717, 1.165) is 4.47 Å². The molecular weight excluding hydrogens is 336 g/mol. The molecule has 98 valence electrons. The number of aromatic nitrogens is 1. The molecule has 0 saturated carbocycles. The lowest BCUT2D eigenvalue weighted by Crippen LogP contribution is -1.93. The Morgan fingerprint density at radius 2 is 2.16 bits per heavy atom. The first-order valence-corrected chi connectivity index (χ1v) is 6.38. The molecule has 0 atom stereocenters. The van der Waals surface area contributed by atoms with Crippen molar-refractivity contribution < 1.29 is 9.66 Å². The summed E-state index contributed by atoms with van der Waals surface area (Å²) in [6.07, 6.45) is 1.56. The number of nitrogens with zero attached hydrogens (tertiary/aromatic N) is 2. The molecule has 19 heavy (non-hydrogen) atoms. The van der Waals surface area contributed by atoms with Gasteiger partial charge in [-0.3, -0.25) is 10.1 Å². The predicted molar refractivity (Wildman–Crippen MR) is 74.9 cm³/mol. The van der Waals surface area contributed by atoms with Gasteiger partial charge in [-0.25, -0.2) is 4.98 Å². The largest absolute Gasteiger partial charge is 0.437 e. The van der Waals surface area contributed by atoms with Gasteiger partial charge in [0, 0.05) is 22.8 Å². The van der Waals surface area contributed by atoms with E-state index in [1.807, 2.05) is 0 Å². The average Bonchev–Trinajstić information content (AvgIpc) is 2.34. The van der Waals surface area contributed by atoms with E-state index in [9.17, 15) is 10.1 Å². The normalized spacial score (nSPS) is 10.3. The van der Waals surface area contributed by atoms with Gasteiger partial charge in [-0.1, -0.05) is 11.6 Å². The molecule has 0 bridgehead atoms. The van der Waals surface area contributed by atoms with Gasteiger partial charge in [0.25, 0.3) is 5.69 Å². The van der Waals surface area contributed by atoms with Crippen LogP contribution in [0.1, 0.15) is 5.56 Å². The van der Waals surface area contributed by atoms with Gasteiger partial charge >= 0.3 is 0 Å². The number of nitro benzene ring substituents is 1. The van der Waals surface area contributed by atoms with E-state index >= 15 is 0 Å². The summed E-state index contributed by atoms with van der Waals surface area (Å²) < 4.78 is 6.28. The van der Waals surface area contributed by atoms with Crippen LogP contribution in [-0.2, 0) is 0 Å². The molecule has 0 radical (unpaired) electrons. The number of benzene rings is 1. The van der Waals surface area contributed by atoms with Crippen molar-refractivity contribution in [3.63, 3.8) is 0 Å². The zero-order chi connectivity index (χ0) is 14.0.